The number of nitrogens with one attached hydrogen (secondary N) is 1. The molecule has 9 aromatic carbocycles. The van der Waals surface area contributed by atoms with Crippen LogP contribution >= 0.6 is 0 Å². The van der Waals surface area contributed by atoms with Gasteiger partial charge in [0.25, 0.3) is 0 Å². The first-order valence-corrected chi connectivity index (χ1v) is 20.7. The normalized spacial score (nSPS) is 13.8. The minimum atomic E-state index is -0.420. The molecule has 0 aliphatic carbocycles. The van der Waals surface area contributed by atoms with Gasteiger partial charge in [0, 0.05) is 55.2 Å². The van der Waals surface area contributed by atoms with Crippen LogP contribution in [0.3, 0.4) is 0 Å². The molecular weight excluding hydrogens is 745 g/mol. The van der Waals surface area contributed by atoms with Crippen LogP contribution in [-0.2, 0) is 4.74 Å². The van der Waals surface area contributed by atoms with Gasteiger partial charge in [0.1, 0.15) is 0 Å². The Balaban J connectivity index is 1.09. The van der Waals surface area contributed by atoms with Crippen molar-refractivity contribution in [1.82, 2.24) is 14.6 Å². The van der Waals surface area contributed by atoms with E-state index in [1.807, 2.05) is 12.1 Å². The standard InChI is InChI=1S/C56H38N4O/c1-5-18-37(19-6-1)41-24-17-25-42(36-41)56-58-57-55(61-56)40-32-34-44(35-33-40)60-48-31-16-14-29-46(48)52-49(38-20-7-2-8-21-38)53-51(50(54(52)60)39-22-9-3-10-23-39)45-28-13-15-30-47(45)59(53)43-26-11-4-12-27-43/h1-36,55,57H. The van der Waals surface area contributed by atoms with Gasteiger partial charge >= 0.3 is 0 Å². The van der Waals surface area contributed by atoms with E-state index in [9.17, 15) is 0 Å². The first-order valence-electron chi connectivity index (χ1n) is 20.7. The van der Waals surface area contributed by atoms with E-state index < -0.39 is 6.23 Å². The fourth-order valence-electron chi connectivity index (χ4n) is 9.40. The van der Waals surface area contributed by atoms with Gasteiger partial charge in [-0.1, -0.05) is 170 Å². The van der Waals surface area contributed by atoms with Gasteiger partial charge in [-0.25, -0.2) is 0 Å². The first kappa shape index (κ1) is 34.9. The Labute approximate surface area is 353 Å². The predicted molar refractivity (Wildman–Crippen MR) is 251 cm³/mol. The molecule has 11 aromatic rings. The smallest absolute Gasteiger partial charge is 0.240 e. The topological polar surface area (TPSA) is 43.5 Å². The van der Waals surface area contributed by atoms with E-state index in [0.29, 0.717) is 5.90 Å². The SMILES string of the molecule is c1ccc(-c2cccc(C3=NNC(c4ccc(-n5c6ccccc6c6c(-c7ccccc7)c7c(c(-c8ccccc8)c65)c5ccccc5n7-c5ccccc5)cc4)O3)c2)cc1. The molecule has 3 heterocycles. The van der Waals surface area contributed by atoms with E-state index in [1.165, 1.54) is 60.3 Å². The maximum absolute atomic E-state index is 6.49. The van der Waals surface area contributed by atoms with Crippen molar-refractivity contribution in [3.05, 3.63) is 230 Å². The number of hydrogen-bond acceptors (Lipinski definition) is 3. The molecular formula is C56H38N4O. The lowest BCUT2D eigenvalue weighted by molar-refractivity contribution is 0.192. The highest BCUT2D eigenvalue weighted by Crippen LogP contribution is 2.52. The van der Waals surface area contributed by atoms with Gasteiger partial charge in [0.05, 0.1) is 22.1 Å². The van der Waals surface area contributed by atoms with Crippen LogP contribution in [0.1, 0.15) is 17.4 Å². The van der Waals surface area contributed by atoms with Crippen LogP contribution in [0.4, 0.5) is 0 Å². The molecule has 2 aromatic heterocycles. The minimum Gasteiger partial charge on any atom is -0.446 e. The Morgan fingerprint density at radius 2 is 0.836 bits per heavy atom. The van der Waals surface area contributed by atoms with Crippen LogP contribution in [-0.4, -0.2) is 15.0 Å². The summed E-state index contributed by atoms with van der Waals surface area (Å²) in [6, 6.07) is 77.8. The molecule has 0 amide bonds. The van der Waals surface area contributed by atoms with Crippen LogP contribution in [0, 0.1) is 0 Å². The Morgan fingerprint density at radius 3 is 1.39 bits per heavy atom. The van der Waals surface area contributed by atoms with E-state index in [1.54, 1.807) is 0 Å². The molecule has 0 spiro atoms. The maximum Gasteiger partial charge on any atom is 0.240 e. The summed E-state index contributed by atoms with van der Waals surface area (Å²) in [6.07, 6.45) is -0.420. The molecule has 1 atom stereocenters. The number of benzene rings is 9. The third-order valence-electron chi connectivity index (χ3n) is 12.0. The lowest BCUT2D eigenvalue weighted by Gasteiger charge is -2.19. The van der Waals surface area contributed by atoms with Crippen LogP contribution < -0.4 is 5.43 Å². The zero-order valence-corrected chi connectivity index (χ0v) is 33.1. The number of hydrogen-bond donors (Lipinski definition) is 1. The molecule has 0 fully saturated rings. The Kier molecular flexibility index (Phi) is 8.17. The Bertz CT molecular complexity index is 3440. The molecule has 1 aliphatic rings. The lowest BCUT2D eigenvalue weighted by Crippen LogP contribution is -2.12. The average molecular weight is 783 g/mol. The number of aromatic nitrogens is 2. The molecule has 0 saturated heterocycles. The monoisotopic (exact) mass is 782 g/mol. The number of fused-ring (bicyclic) bond motifs is 6. The highest BCUT2D eigenvalue weighted by molar-refractivity contribution is 6.33. The average Bonchev–Trinajstić information content (AvgIpc) is 4.06. The van der Waals surface area contributed by atoms with E-state index in [4.69, 9.17) is 4.74 Å². The zero-order valence-electron chi connectivity index (χ0n) is 33.1. The number of ether oxygens (including phenoxy) is 1. The lowest BCUT2D eigenvalue weighted by atomic mass is 9.90. The van der Waals surface area contributed by atoms with Gasteiger partial charge in [-0.05, 0) is 70.8 Å². The highest BCUT2D eigenvalue weighted by Gasteiger charge is 2.29. The summed E-state index contributed by atoms with van der Waals surface area (Å²) in [5.41, 5.74) is 19.1. The summed E-state index contributed by atoms with van der Waals surface area (Å²) < 4.78 is 11.4. The van der Waals surface area contributed by atoms with Crippen molar-refractivity contribution in [3.63, 3.8) is 0 Å². The van der Waals surface area contributed by atoms with Gasteiger partial charge in [-0.3, -0.25) is 5.43 Å². The van der Waals surface area contributed by atoms with Gasteiger partial charge in [0.2, 0.25) is 12.1 Å². The molecule has 61 heavy (non-hydrogen) atoms. The Hall–Kier alpha value is -8.15. The molecule has 0 saturated carbocycles. The van der Waals surface area contributed by atoms with Crippen LogP contribution in [0.2, 0.25) is 0 Å². The number of para-hydroxylation sites is 3. The Morgan fingerprint density at radius 1 is 0.393 bits per heavy atom. The third-order valence-corrected chi connectivity index (χ3v) is 12.0. The fraction of sp³-hybridized carbons (Fsp3) is 0.0179. The van der Waals surface area contributed by atoms with E-state index in [2.05, 4.69) is 226 Å². The summed E-state index contributed by atoms with van der Waals surface area (Å²) in [5.74, 6) is 0.578. The summed E-state index contributed by atoms with van der Waals surface area (Å²) in [5, 5.41) is 9.50. The van der Waals surface area contributed by atoms with Crippen molar-refractivity contribution in [1.29, 1.82) is 0 Å². The second kappa shape index (κ2) is 14.3. The molecule has 5 nitrogen and oxygen atoms in total. The summed E-state index contributed by atoms with van der Waals surface area (Å²) in [4.78, 5) is 0. The van der Waals surface area contributed by atoms with Gasteiger partial charge in [-0.2, -0.15) is 0 Å². The maximum atomic E-state index is 6.49. The summed E-state index contributed by atoms with van der Waals surface area (Å²) in [6.45, 7) is 0. The van der Waals surface area contributed by atoms with Gasteiger partial charge < -0.3 is 13.9 Å². The second-order valence-corrected chi connectivity index (χ2v) is 15.6. The molecule has 1 N–H and O–H groups in total. The molecule has 5 heteroatoms. The van der Waals surface area contributed by atoms with E-state index in [0.717, 1.165) is 39.1 Å². The van der Waals surface area contributed by atoms with Gasteiger partial charge in [-0.15, -0.1) is 5.10 Å². The van der Waals surface area contributed by atoms with Crippen molar-refractivity contribution in [2.75, 3.05) is 0 Å². The van der Waals surface area contributed by atoms with E-state index >= 15 is 0 Å². The molecule has 1 unspecified atom stereocenters. The quantitative estimate of drug-likeness (QED) is 0.175. The third kappa shape index (κ3) is 5.66. The first-order chi connectivity index (χ1) is 30.3. The second-order valence-electron chi connectivity index (χ2n) is 15.6. The van der Waals surface area contributed by atoms with Gasteiger partial charge in [0.15, 0.2) is 0 Å². The number of rotatable bonds is 7. The molecule has 0 radical (unpaired) electrons. The fourth-order valence-corrected chi connectivity index (χ4v) is 9.40. The highest BCUT2D eigenvalue weighted by atomic mass is 16.5. The molecule has 288 valence electrons. The van der Waals surface area contributed by atoms with Crippen molar-refractivity contribution < 1.29 is 4.74 Å². The van der Waals surface area contributed by atoms with Crippen molar-refractivity contribution in [3.8, 4) is 44.8 Å². The number of nitrogens with zero attached hydrogens (tertiary/aromatic N) is 3. The minimum absolute atomic E-state index is 0.420. The molecule has 12 rings (SSSR count). The predicted octanol–water partition coefficient (Wildman–Crippen LogP) is 13.9. The largest absolute Gasteiger partial charge is 0.446 e. The van der Waals surface area contributed by atoms with Crippen molar-refractivity contribution >= 4 is 49.5 Å². The summed E-state index contributed by atoms with van der Waals surface area (Å²) >= 11 is 0. The van der Waals surface area contributed by atoms with Crippen molar-refractivity contribution in [2.24, 2.45) is 5.10 Å². The van der Waals surface area contributed by atoms with Crippen LogP contribution in [0.25, 0.3) is 88.4 Å². The molecule has 1 aliphatic heterocycles. The van der Waals surface area contributed by atoms with Crippen LogP contribution in [0.5, 0.6) is 0 Å². The number of hydrazone groups is 1. The van der Waals surface area contributed by atoms with Crippen LogP contribution in [0.15, 0.2) is 223 Å². The van der Waals surface area contributed by atoms with Crippen molar-refractivity contribution in [2.45, 2.75) is 6.23 Å². The molecule has 0 bridgehead atoms. The zero-order chi connectivity index (χ0) is 40.3. The van der Waals surface area contributed by atoms with E-state index in [-0.39, 0.29) is 0 Å². The summed E-state index contributed by atoms with van der Waals surface area (Å²) in [7, 11) is 0.